The molecule has 0 bridgehead atoms. The van der Waals surface area contributed by atoms with E-state index in [0.29, 0.717) is 13.0 Å². The molecule has 1 atom stereocenters. The van der Waals surface area contributed by atoms with E-state index in [-0.39, 0.29) is 12.1 Å². The van der Waals surface area contributed by atoms with Crippen LogP contribution in [0.25, 0.3) is 0 Å². The van der Waals surface area contributed by atoms with Gasteiger partial charge in [0, 0.05) is 19.6 Å². The number of benzene rings is 1. The predicted octanol–water partition coefficient (Wildman–Crippen LogP) is 5.69. The minimum Gasteiger partial charge on any atom is -0.460 e. The van der Waals surface area contributed by atoms with E-state index in [0.717, 1.165) is 19.6 Å². The molecule has 1 heterocycles. The maximum absolute atomic E-state index is 12.0. The number of hydrogen-bond donors (Lipinski definition) is 0. The van der Waals surface area contributed by atoms with Gasteiger partial charge in [-0.2, -0.15) is 0 Å². The Labute approximate surface area is 178 Å². The number of unbranched alkanes of at least 4 members (excludes halogenated alkanes) is 5. The molecule has 1 fully saturated rings. The average molecular weight is 404 g/mol. The molecule has 0 aliphatic carbocycles. The van der Waals surface area contributed by atoms with Gasteiger partial charge in [0.1, 0.15) is 5.60 Å². The van der Waals surface area contributed by atoms with E-state index in [1.54, 1.807) is 0 Å². The zero-order valence-corrected chi connectivity index (χ0v) is 19.0. The van der Waals surface area contributed by atoms with E-state index in [1.165, 1.54) is 56.1 Å². The van der Waals surface area contributed by atoms with Crippen molar-refractivity contribution >= 4 is 5.97 Å². The predicted molar refractivity (Wildman–Crippen MR) is 119 cm³/mol. The Morgan fingerprint density at radius 1 is 1.10 bits per heavy atom. The lowest BCUT2D eigenvalue weighted by molar-refractivity contribution is -0.155. The van der Waals surface area contributed by atoms with Crippen LogP contribution in [0.4, 0.5) is 0 Å². The van der Waals surface area contributed by atoms with Crippen molar-refractivity contribution in [2.45, 2.75) is 90.8 Å². The highest BCUT2D eigenvalue weighted by Crippen LogP contribution is 2.23. The van der Waals surface area contributed by atoms with Gasteiger partial charge in [0.25, 0.3) is 0 Å². The van der Waals surface area contributed by atoms with E-state index in [1.807, 2.05) is 20.8 Å². The second-order valence-corrected chi connectivity index (χ2v) is 9.26. The molecule has 1 aliphatic heterocycles. The number of esters is 1. The summed E-state index contributed by atoms with van der Waals surface area (Å²) in [6, 6.07) is 8.94. The molecule has 1 aliphatic rings. The van der Waals surface area contributed by atoms with Crippen LogP contribution in [-0.2, 0) is 20.7 Å². The Morgan fingerprint density at radius 2 is 1.79 bits per heavy atom. The molecular formula is C25H41NO3. The van der Waals surface area contributed by atoms with Gasteiger partial charge < -0.3 is 9.47 Å². The van der Waals surface area contributed by atoms with Gasteiger partial charge >= 0.3 is 5.97 Å². The molecule has 0 radical (unpaired) electrons. The number of carbonyl (C=O) groups is 1. The molecule has 4 heteroatoms. The molecular weight excluding hydrogens is 362 g/mol. The average Bonchev–Trinajstić information content (AvgIpc) is 2.68. The third kappa shape index (κ3) is 9.77. The van der Waals surface area contributed by atoms with Crippen molar-refractivity contribution in [3.8, 4) is 0 Å². The standard InChI is InChI=1S/C25H41NO3/c1-5-6-7-8-9-10-11-21-12-14-22(15-13-21)23-20-26(18-19-28-23)17-16-24(27)29-25(2,3)4/h12-15,23H,5-11,16-20H2,1-4H3. The lowest BCUT2D eigenvalue weighted by Gasteiger charge is -2.33. The topological polar surface area (TPSA) is 38.8 Å². The summed E-state index contributed by atoms with van der Waals surface area (Å²) in [6.45, 7) is 11.1. The second kappa shape index (κ2) is 12.3. The Bertz CT molecular complexity index is 591. The van der Waals surface area contributed by atoms with E-state index in [9.17, 15) is 4.79 Å². The van der Waals surface area contributed by atoms with Crippen molar-refractivity contribution in [1.29, 1.82) is 0 Å². The van der Waals surface area contributed by atoms with Crippen LogP contribution in [0.2, 0.25) is 0 Å². The quantitative estimate of drug-likeness (QED) is 0.351. The highest BCUT2D eigenvalue weighted by Gasteiger charge is 2.23. The Hall–Kier alpha value is -1.39. The van der Waals surface area contributed by atoms with Gasteiger partial charge in [-0.25, -0.2) is 0 Å². The van der Waals surface area contributed by atoms with Crippen molar-refractivity contribution in [1.82, 2.24) is 4.90 Å². The molecule has 0 spiro atoms. The summed E-state index contributed by atoms with van der Waals surface area (Å²) in [7, 11) is 0. The Kier molecular flexibility index (Phi) is 10.2. The lowest BCUT2D eigenvalue weighted by Crippen LogP contribution is -2.39. The largest absolute Gasteiger partial charge is 0.460 e. The minimum absolute atomic E-state index is 0.0884. The van der Waals surface area contributed by atoms with Crippen LogP contribution in [0.3, 0.4) is 0 Å². The number of rotatable bonds is 11. The van der Waals surface area contributed by atoms with Gasteiger partial charge in [-0.05, 0) is 44.7 Å². The van der Waals surface area contributed by atoms with Crippen LogP contribution in [-0.4, -0.2) is 42.7 Å². The monoisotopic (exact) mass is 403 g/mol. The zero-order chi connectivity index (χ0) is 21.1. The lowest BCUT2D eigenvalue weighted by atomic mass is 10.0. The fourth-order valence-corrected chi connectivity index (χ4v) is 3.76. The summed E-state index contributed by atoms with van der Waals surface area (Å²) in [5.41, 5.74) is 2.24. The van der Waals surface area contributed by atoms with E-state index < -0.39 is 5.60 Å². The Morgan fingerprint density at radius 3 is 2.48 bits per heavy atom. The normalized spacial score (nSPS) is 18.0. The third-order valence-electron chi connectivity index (χ3n) is 5.37. The van der Waals surface area contributed by atoms with Crippen molar-refractivity contribution in [3.63, 3.8) is 0 Å². The molecule has 1 aromatic rings. The molecule has 29 heavy (non-hydrogen) atoms. The number of ether oxygens (including phenoxy) is 2. The highest BCUT2D eigenvalue weighted by atomic mass is 16.6. The van der Waals surface area contributed by atoms with Crippen molar-refractivity contribution in [2.75, 3.05) is 26.2 Å². The molecule has 0 saturated carbocycles. The Balaban J connectivity index is 1.73. The first kappa shape index (κ1) is 23.9. The number of hydrogen-bond acceptors (Lipinski definition) is 4. The van der Waals surface area contributed by atoms with Gasteiger partial charge in [0.05, 0.1) is 19.1 Å². The maximum atomic E-state index is 12.0. The maximum Gasteiger partial charge on any atom is 0.307 e. The van der Waals surface area contributed by atoms with Gasteiger partial charge in [0.2, 0.25) is 0 Å². The number of nitrogens with zero attached hydrogens (tertiary/aromatic N) is 1. The van der Waals surface area contributed by atoms with E-state index in [4.69, 9.17) is 9.47 Å². The molecule has 0 amide bonds. The van der Waals surface area contributed by atoms with Crippen LogP contribution in [0.5, 0.6) is 0 Å². The van der Waals surface area contributed by atoms with Crippen LogP contribution in [0.15, 0.2) is 24.3 Å². The van der Waals surface area contributed by atoms with Gasteiger partial charge in [-0.1, -0.05) is 63.3 Å². The van der Waals surface area contributed by atoms with Crippen molar-refractivity contribution in [2.24, 2.45) is 0 Å². The molecule has 2 rings (SSSR count). The molecule has 4 nitrogen and oxygen atoms in total. The first-order valence-electron chi connectivity index (χ1n) is 11.5. The highest BCUT2D eigenvalue weighted by molar-refractivity contribution is 5.70. The summed E-state index contributed by atoms with van der Waals surface area (Å²) in [5, 5.41) is 0. The summed E-state index contributed by atoms with van der Waals surface area (Å²) < 4.78 is 11.4. The fraction of sp³-hybridized carbons (Fsp3) is 0.720. The fourth-order valence-electron chi connectivity index (χ4n) is 3.76. The van der Waals surface area contributed by atoms with Crippen LogP contribution in [0, 0.1) is 0 Å². The van der Waals surface area contributed by atoms with Crippen molar-refractivity contribution in [3.05, 3.63) is 35.4 Å². The summed E-state index contributed by atoms with van der Waals surface area (Å²) in [6.07, 6.45) is 9.71. The van der Waals surface area contributed by atoms with Gasteiger partial charge in [0.15, 0.2) is 0 Å². The van der Waals surface area contributed by atoms with Crippen molar-refractivity contribution < 1.29 is 14.3 Å². The van der Waals surface area contributed by atoms with Crippen LogP contribution in [0.1, 0.15) is 89.9 Å². The summed E-state index contributed by atoms with van der Waals surface area (Å²) in [5.74, 6) is -0.125. The first-order valence-corrected chi connectivity index (χ1v) is 11.5. The van der Waals surface area contributed by atoms with Gasteiger partial charge in [-0.3, -0.25) is 9.69 Å². The minimum atomic E-state index is -0.415. The first-order chi connectivity index (χ1) is 13.9. The smallest absolute Gasteiger partial charge is 0.307 e. The van der Waals surface area contributed by atoms with Crippen LogP contribution < -0.4 is 0 Å². The number of morpholine rings is 1. The zero-order valence-electron chi connectivity index (χ0n) is 19.0. The SMILES string of the molecule is CCCCCCCCc1ccc(C2CN(CCC(=O)OC(C)(C)C)CCO2)cc1. The van der Waals surface area contributed by atoms with E-state index >= 15 is 0 Å². The summed E-state index contributed by atoms with van der Waals surface area (Å²) in [4.78, 5) is 14.3. The molecule has 0 N–H and O–H groups in total. The third-order valence-corrected chi connectivity index (χ3v) is 5.37. The molecule has 0 aromatic heterocycles. The molecule has 1 aromatic carbocycles. The number of carbonyl (C=O) groups excluding carboxylic acids is 1. The molecule has 1 saturated heterocycles. The van der Waals surface area contributed by atoms with Gasteiger partial charge in [-0.15, -0.1) is 0 Å². The van der Waals surface area contributed by atoms with E-state index in [2.05, 4.69) is 36.1 Å². The number of aryl methyl sites for hydroxylation is 1. The molecule has 1 unspecified atom stereocenters. The second-order valence-electron chi connectivity index (χ2n) is 9.26. The van der Waals surface area contributed by atoms with Crippen LogP contribution >= 0.6 is 0 Å². The summed E-state index contributed by atoms with van der Waals surface area (Å²) >= 11 is 0. The molecule has 164 valence electrons.